The molecule has 0 aromatic heterocycles. The maximum Gasteiger partial charge on any atom is 1.00 e. The van der Waals surface area contributed by atoms with Crippen molar-refractivity contribution >= 4 is 10.1 Å². The van der Waals surface area contributed by atoms with Crippen LogP contribution in [0.1, 0.15) is 5.56 Å². The van der Waals surface area contributed by atoms with Crippen LogP contribution in [-0.4, -0.2) is 18.1 Å². The van der Waals surface area contributed by atoms with Gasteiger partial charge >= 0.3 is 68.9 Å². The van der Waals surface area contributed by atoms with Crippen molar-refractivity contribution in [3.8, 4) is 5.75 Å². The predicted octanol–water partition coefficient (Wildman–Crippen LogP) is -2.39. The molecular formula is C7H7CsO4S. The normalized spacial score (nSPS) is 10.6. The van der Waals surface area contributed by atoms with E-state index in [1.165, 1.54) is 19.1 Å². The third-order valence-corrected chi connectivity index (χ3v) is 2.42. The Kier molecular flexibility index (Phi) is 5.56. The van der Waals surface area contributed by atoms with Gasteiger partial charge in [0.2, 0.25) is 0 Å². The van der Waals surface area contributed by atoms with Crippen molar-refractivity contribution < 1.29 is 87.0 Å². The predicted molar refractivity (Wildman–Crippen MR) is 40.8 cm³/mol. The van der Waals surface area contributed by atoms with E-state index in [0.29, 0.717) is 5.56 Å². The number of phenols is 1. The molecular weight excluding hydrogens is 313 g/mol. The summed E-state index contributed by atoms with van der Waals surface area (Å²) in [6, 6.07) is 3.64. The van der Waals surface area contributed by atoms with E-state index in [0.717, 1.165) is 6.07 Å². The van der Waals surface area contributed by atoms with Gasteiger partial charge in [0.25, 0.3) is 0 Å². The van der Waals surface area contributed by atoms with Crippen LogP contribution < -0.4 is 68.9 Å². The van der Waals surface area contributed by atoms with Crippen LogP contribution in [-0.2, 0) is 10.1 Å². The van der Waals surface area contributed by atoms with Crippen LogP contribution >= 0.6 is 0 Å². The van der Waals surface area contributed by atoms with Crippen molar-refractivity contribution in [2.24, 2.45) is 0 Å². The van der Waals surface area contributed by atoms with E-state index in [4.69, 9.17) is 5.11 Å². The minimum absolute atomic E-state index is 0. The fourth-order valence-electron chi connectivity index (χ4n) is 0.858. The molecule has 0 amide bonds. The molecule has 0 unspecified atom stereocenters. The Balaban J connectivity index is 0.00000144. The average molecular weight is 320 g/mol. The molecule has 0 heterocycles. The first-order valence-electron chi connectivity index (χ1n) is 3.17. The molecule has 0 saturated carbocycles. The second-order valence-electron chi connectivity index (χ2n) is 2.40. The summed E-state index contributed by atoms with van der Waals surface area (Å²) in [4.78, 5) is -0.373. The molecule has 4 nitrogen and oxygen atoms in total. The molecule has 13 heavy (non-hydrogen) atoms. The summed E-state index contributed by atoms with van der Waals surface area (Å²) in [6.07, 6.45) is 0. The quantitative estimate of drug-likeness (QED) is 0.586. The van der Waals surface area contributed by atoms with E-state index < -0.39 is 10.1 Å². The zero-order valence-electron chi connectivity index (χ0n) is 7.31. The maximum absolute atomic E-state index is 10.5. The van der Waals surface area contributed by atoms with E-state index in [-0.39, 0.29) is 79.5 Å². The van der Waals surface area contributed by atoms with Gasteiger partial charge in [0, 0.05) is 0 Å². The molecule has 1 rings (SSSR count). The summed E-state index contributed by atoms with van der Waals surface area (Å²) in [7, 11) is -4.47. The number of aryl methyl sites for hydroxylation is 1. The van der Waals surface area contributed by atoms with Gasteiger partial charge in [-0.15, -0.1) is 0 Å². The minimum atomic E-state index is -4.47. The summed E-state index contributed by atoms with van der Waals surface area (Å²) in [5, 5.41) is 8.90. The topological polar surface area (TPSA) is 77.4 Å². The largest absolute Gasteiger partial charge is 1.00 e. The third kappa shape index (κ3) is 3.92. The van der Waals surface area contributed by atoms with E-state index >= 15 is 0 Å². The van der Waals surface area contributed by atoms with Gasteiger partial charge in [0.05, 0.1) is 4.90 Å². The van der Waals surface area contributed by atoms with Crippen molar-refractivity contribution in [1.29, 1.82) is 0 Å². The molecule has 0 spiro atoms. The van der Waals surface area contributed by atoms with Crippen LogP contribution in [0.3, 0.4) is 0 Å². The fraction of sp³-hybridized carbons (Fsp3) is 0.143. The summed E-state index contributed by atoms with van der Waals surface area (Å²) in [6.45, 7) is 1.49. The third-order valence-electron chi connectivity index (χ3n) is 1.44. The van der Waals surface area contributed by atoms with E-state index in [1.54, 1.807) is 0 Å². The molecule has 66 valence electrons. The molecule has 1 aromatic rings. The van der Waals surface area contributed by atoms with Crippen molar-refractivity contribution in [3.63, 3.8) is 0 Å². The molecule has 0 aliphatic rings. The standard InChI is InChI=1S/C7H8O4S.Cs/c1-5-2-3-6(8)4-7(5)12(9,10)11;/h2-4,8H,1H3,(H,9,10,11);/q;+1/p-1. The van der Waals surface area contributed by atoms with Crippen LogP contribution in [0.15, 0.2) is 23.1 Å². The molecule has 1 aromatic carbocycles. The number of hydrogen-bond acceptors (Lipinski definition) is 4. The number of hydrogen-bond donors (Lipinski definition) is 1. The number of aromatic hydroxyl groups is 1. The Morgan fingerprint density at radius 3 is 2.31 bits per heavy atom. The smallest absolute Gasteiger partial charge is 0.744 e. The average Bonchev–Trinajstić information content (AvgIpc) is 1.92. The molecule has 0 saturated heterocycles. The van der Waals surface area contributed by atoms with Gasteiger partial charge < -0.3 is 9.66 Å². The number of benzene rings is 1. The molecule has 0 bridgehead atoms. The Morgan fingerprint density at radius 1 is 1.38 bits per heavy atom. The molecule has 0 atom stereocenters. The number of rotatable bonds is 1. The summed E-state index contributed by atoms with van der Waals surface area (Å²) in [5.41, 5.74) is 0.336. The van der Waals surface area contributed by atoms with Crippen LogP contribution in [0.5, 0.6) is 5.75 Å². The summed E-state index contributed by atoms with van der Waals surface area (Å²) >= 11 is 0. The van der Waals surface area contributed by atoms with Gasteiger partial charge in [-0.2, -0.15) is 0 Å². The fourth-order valence-corrected chi connectivity index (χ4v) is 1.59. The SMILES string of the molecule is Cc1ccc(O)cc1S(=O)(=O)[O-].[Cs+]. The van der Waals surface area contributed by atoms with Crippen LogP contribution in [0, 0.1) is 6.92 Å². The molecule has 0 fully saturated rings. The molecule has 6 heteroatoms. The minimum Gasteiger partial charge on any atom is -0.744 e. The van der Waals surface area contributed by atoms with E-state index in [2.05, 4.69) is 0 Å². The summed E-state index contributed by atoms with van der Waals surface area (Å²) < 4.78 is 31.6. The van der Waals surface area contributed by atoms with Crippen LogP contribution in [0.25, 0.3) is 0 Å². The van der Waals surface area contributed by atoms with Gasteiger partial charge in [0.15, 0.2) is 0 Å². The van der Waals surface area contributed by atoms with Crippen molar-refractivity contribution in [1.82, 2.24) is 0 Å². The Bertz CT molecular complexity index is 399. The Hall–Kier alpha value is 0.982. The molecule has 1 N–H and O–H groups in total. The first-order chi connectivity index (χ1) is 5.41. The monoisotopic (exact) mass is 320 g/mol. The zero-order valence-corrected chi connectivity index (χ0v) is 14.4. The van der Waals surface area contributed by atoms with Crippen molar-refractivity contribution in [2.45, 2.75) is 11.8 Å². The molecule has 0 aliphatic carbocycles. The molecule has 0 aliphatic heterocycles. The summed E-state index contributed by atoms with van der Waals surface area (Å²) in [5.74, 6) is -0.227. The van der Waals surface area contributed by atoms with Gasteiger partial charge in [-0.05, 0) is 24.6 Å². The van der Waals surface area contributed by atoms with Gasteiger partial charge in [-0.3, -0.25) is 0 Å². The van der Waals surface area contributed by atoms with Gasteiger partial charge in [-0.1, -0.05) is 6.07 Å². The van der Waals surface area contributed by atoms with Crippen molar-refractivity contribution in [2.75, 3.05) is 0 Å². The van der Waals surface area contributed by atoms with E-state index in [1.807, 2.05) is 0 Å². The van der Waals surface area contributed by atoms with Gasteiger partial charge in [0.1, 0.15) is 15.9 Å². The zero-order chi connectivity index (χ0) is 9.35. The first-order valence-corrected chi connectivity index (χ1v) is 4.57. The van der Waals surface area contributed by atoms with Gasteiger partial charge in [-0.25, -0.2) is 8.42 Å². The second kappa shape index (κ2) is 5.17. The number of phenolic OH excluding ortho intramolecular Hbond substituents is 1. The second-order valence-corrected chi connectivity index (χ2v) is 3.75. The van der Waals surface area contributed by atoms with Crippen LogP contribution in [0.4, 0.5) is 0 Å². The Morgan fingerprint density at radius 2 is 1.92 bits per heavy atom. The first kappa shape index (κ1) is 14.0. The Labute approximate surface area is 136 Å². The molecule has 0 radical (unpaired) electrons. The van der Waals surface area contributed by atoms with E-state index in [9.17, 15) is 13.0 Å². The maximum atomic E-state index is 10.5. The van der Waals surface area contributed by atoms with Crippen molar-refractivity contribution in [3.05, 3.63) is 23.8 Å². The van der Waals surface area contributed by atoms with Crippen LogP contribution in [0.2, 0.25) is 0 Å².